The molecule has 0 aliphatic rings. The molecule has 0 aliphatic heterocycles. The van der Waals surface area contributed by atoms with Crippen molar-refractivity contribution < 1.29 is 4.79 Å². The molecular weight excluding hydrogens is 408 g/mol. The third-order valence-corrected chi connectivity index (χ3v) is 5.60. The summed E-state index contributed by atoms with van der Waals surface area (Å²) in [6.07, 6.45) is 4.12. The molecule has 0 bridgehead atoms. The molecular formula is C28H30N4O. The summed E-state index contributed by atoms with van der Waals surface area (Å²) in [5.41, 5.74) is 5.47. The number of rotatable bonds is 9. The van der Waals surface area contributed by atoms with Gasteiger partial charge < -0.3 is 14.8 Å². The normalized spacial score (nSPS) is 11.5. The molecule has 1 heterocycles. The van der Waals surface area contributed by atoms with Gasteiger partial charge in [-0.25, -0.2) is 4.98 Å². The molecule has 1 aromatic heterocycles. The average Bonchev–Trinajstić information content (AvgIpc) is 3.19. The molecule has 4 rings (SSSR count). The van der Waals surface area contributed by atoms with Crippen LogP contribution in [0, 0.1) is 0 Å². The van der Waals surface area contributed by atoms with Crippen LogP contribution in [0.2, 0.25) is 0 Å². The SMILES string of the molecule is CN(C)CCn1c(CCNC(=O)/C=C/c2ccc(-c3ccccc3)cc2)nc2ccccc21. The Kier molecular flexibility index (Phi) is 7.33. The number of carbonyl (C=O) groups excluding carboxylic acids is 1. The van der Waals surface area contributed by atoms with Crippen LogP contribution >= 0.6 is 0 Å². The predicted molar refractivity (Wildman–Crippen MR) is 136 cm³/mol. The molecule has 5 heteroatoms. The van der Waals surface area contributed by atoms with Crippen LogP contribution in [0.15, 0.2) is 84.9 Å². The van der Waals surface area contributed by atoms with E-state index in [0.717, 1.165) is 41.1 Å². The number of nitrogens with one attached hydrogen (secondary N) is 1. The fraction of sp³-hybridized carbons (Fsp3) is 0.214. The molecule has 33 heavy (non-hydrogen) atoms. The summed E-state index contributed by atoms with van der Waals surface area (Å²) in [5.74, 6) is 0.900. The molecule has 1 amide bonds. The molecule has 168 valence electrons. The highest BCUT2D eigenvalue weighted by atomic mass is 16.1. The van der Waals surface area contributed by atoms with Gasteiger partial charge in [0.05, 0.1) is 11.0 Å². The largest absolute Gasteiger partial charge is 0.352 e. The van der Waals surface area contributed by atoms with Crippen LogP contribution in [0.5, 0.6) is 0 Å². The molecule has 0 saturated carbocycles. The highest BCUT2D eigenvalue weighted by Gasteiger charge is 2.10. The van der Waals surface area contributed by atoms with E-state index in [1.807, 2.05) is 54.6 Å². The third-order valence-electron chi connectivity index (χ3n) is 5.60. The lowest BCUT2D eigenvalue weighted by Crippen LogP contribution is -2.25. The van der Waals surface area contributed by atoms with Crippen molar-refractivity contribution in [1.29, 1.82) is 0 Å². The summed E-state index contributed by atoms with van der Waals surface area (Å²) >= 11 is 0. The maximum absolute atomic E-state index is 12.3. The lowest BCUT2D eigenvalue weighted by Gasteiger charge is -2.13. The van der Waals surface area contributed by atoms with E-state index in [0.29, 0.717) is 13.0 Å². The van der Waals surface area contributed by atoms with E-state index in [4.69, 9.17) is 4.98 Å². The maximum atomic E-state index is 12.3. The molecule has 0 aliphatic carbocycles. The number of carbonyl (C=O) groups is 1. The van der Waals surface area contributed by atoms with Crippen LogP contribution in [-0.4, -0.2) is 47.5 Å². The van der Waals surface area contributed by atoms with Crippen molar-refractivity contribution in [2.45, 2.75) is 13.0 Å². The lowest BCUT2D eigenvalue weighted by atomic mass is 10.0. The van der Waals surface area contributed by atoms with Crippen molar-refractivity contribution in [3.63, 3.8) is 0 Å². The second-order valence-corrected chi connectivity index (χ2v) is 8.33. The zero-order valence-corrected chi connectivity index (χ0v) is 19.2. The van der Waals surface area contributed by atoms with Gasteiger partial charge in [-0.15, -0.1) is 0 Å². The van der Waals surface area contributed by atoms with E-state index < -0.39 is 0 Å². The quantitative estimate of drug-likeness (QED) is 0.388. The number of imidazole rings is 1. The van der Waals surface area contributed by atoms with Crippen LogP contribution in [0.25, 0.3) is 28.2 Å². The molecule has 3 aromatic carbocycles. The minimum atomic E-state index is -0.0990. The lowest BCUT2D eigenvalue weighted by molar-refractivity contribution is -0.116. The van der Waals surface area contributed by atoms with Crippen LogP contribution in [-0.2, 0) is 17.8 Å². The Labute approximate surface area is 195 Å². The molecule has 0 saturated heterocycles. The zero-order chi connectivity index (χ0) is 23.0. The highest BCUT2D eigenvalue weighted by molar-refractivity contribution is 5.91. The van der Waals surface area contributed by atoms with Gasteiger partial charge >= 0.3 is 0 Å². The van der Waals surface area contributed by atoms with E-state index in [1.165, 1.54) is 5.56 Å². The molecule has 5 nitrogen and oxygen atoms in total. The van der Waals surface area contributed by atoms with Crippen LogP contribution in [0.3, 0.4) is 0 Å². The number of fused-ring (bicyclic) bond motifs is 1. The van der Waals surface area contributed by atoms with Gasteiger partial charge in [0, 0.05) is 32.1 Å². The summed E-state index contributed by atoms with van der Waals surface area (Å²) in [5, 5.41) is 2.99. The van der Waals surface area contributed by atoms with Crippen molar-refractivity contribution >= 4 is 23.0 Å². The van der Waals surface area contributed by atoms with E-state index in [9.17, 15) is 4.79 Å². The number of nitrogens with zero attached hydrogens (tertiary/aromatic N) is 3. The van der Waals surface area contributed by atoms with Gasteiger partial charge in [0.2, 0.25) is 5.91 Å². The van der Waals surface area contributed by atoms with Crippen LogP contribution < -0.4 is 5.32 Å². The molecule has 0 radical (unpaired) electrons. The average molecular weight is 439 g/mol. The summed E-state index contributed by atoms with van der Waals surface area (Å²) in [7, 11) is 4.14. The molecule has 0 atom stereocenters. The smallest absolute Gasteiger partial charge is 0.244 e. The highest BCUT2D eigenvalue weighted by Crippen LogP contribution is 2.20. The van der Waals surface area contributed by atoms with Crippen molar-refractivity contribution in [3.05, 3.63) is 96.3 Å². The van der Waals surface area contributed by atoms with Gasteiger partial charge in [-0.2, -0.15) is 0 Å². The Morgan fingerprint density at radius 1 is 0.939 bits per heavy atom. The summed E-state index contributed by atoms with van der Waals surface area (Å²) < 4.78 is 2.26. The second-order valence-electron chi connectivity index (χ2n) is 8.33. The Hall–Kier alpha value is -3.70. The molecule has 4 aromatic rings. The summed E-state index contributed by atoms with van der Waals surface area (Å²) in [6, 6.07) is 26.7. The number of hydrogen-bond donors (Lipinski definition) is 1. The fourth-order valence-corrected chi connectivity index (χ4v) is 3.81. The predicted octanol–water partition coefficient (Wildman–Crippen LogP) is 4.64. The van der Waals surface area contributed by atoms with Crippen LogP contribution in [0.1, 0.15) is 11.4 Å². The van der Waals surface area contributed by atoms with Gasteiger partial charge in [0.15, 0.2) is 0 Å². The Morgan fingerprint density at radius 2 is 1.64 bits per heavy atom. The topological polar surface area (TPSA) is 50.2 Å². The Balaban J connectivity index is 1.33. The van der Waals surface area contributed by atoms with Crippen molar-refractivity contribution in [2.24, 2.45) is 0 Å². The number of hydrogen-bond acceptors (Lipinski definition) is 3. The van der Waals surface area contributed by atoms with Gasteiger partial charge in [-0.1, -0.05) is 66.7 Å². The first-order valence-corrected chi connectivity index (χ1v) is 11.3. The molecule has 1 N–H and O–H groups in total. The first-order valence-electron chi connectivity index (χ1n) is 11.3. The minimum Gasteiger partial charge on any atom is -0.352 e. The van der Waals surface area contributed by atoms with Crippen LogP contribution in [0.4, 0.5) is 0 Å². The standard InChI is InChI=1S/C28H30N4O/c1-31(2)20-21-32-26-11-7-6-10-25(26)30-27(32)18-19-29-28(33)17-14-22-12-15-24(16-13-22)23-8-4-3-5-9-23/h3-17H,18-21H2,1-2H3,(H,29,33)/b17-14+. The number of para-hydroxylation sites is 2. The first kappa shape index (κ1) is 22.5. The van der Waals surface area contributed by atoms with Gasteiger partial charge in [0.1, 0.15) is 5.82 Å². The number of aromatic nitrogens is 2. The monoisotopic (exact) mass is 438 g/mol. The van der Waals surface area contributed by atoms with Crippen molar-refractivity contribution in [2.75, 3.05) is 27.2 Å². The summed E-state index contributed by atoms with van der Waals surface area (Å²) in [4.78, 5) is 19.3. The first-order chi connectivity index (χ1) is 16.1. The van der Waals surface area contributed by atoms with Crippen molar-refractivity contribution in [1.82, 2.24) is 19.8 Å². The fourth-order valence-electron chi connectivity index (χ4n) is 3.81. The molecule has 0 fully saturated rings. The minimum absolute atomic E-state index is 0.0990. The zero-order valence-electron chi connectivity index (χ0n) is 19.2. The number of likely N-dealkylation sites (N-methyl/N-ethyl adjacent to an activating group) is 1. The third kappa shape index (κ3) is 5.96. The van der Waals surface area contributed by atoms with E-state index in [-0.39, 0.29) is 5.91 Å². The van der Waals surface area contributed by atoms with Gasteiger partial charge in [-0.3, -0.25) is 4.79 Å². The van der Waals surface area contributed by atoms with E-state index in [2.05, 4.69) is 59.2 Å². The Morgan fingerprint density at radius 3 is 2.39 bits per heavy atom. The molecule has 0 unspecified atom stereocenters. The Bertz CT molecular complexity index is 1220. The van der Waals surface area contributed by atoms with Gasteiger partial charge in [-0.05, 0) is 49.0 Å². The van der Waals surface area contributed by atoms with E-state index >= 15 is 0 Å². The van der Waals surface area contributed by atoms with E-state index in [1.54, 1.807) is 6.08 Å². The molecule has 0 spiro atoms. The maximum Gasteiger partial charge on any atom is 0.244 e. The number of amides is 1. The van der Waals surface area contributed by atoms with Crippen molar-refractivity contribution in [3.8, 4) is 11.1 Å². The van der Waals surface area contributed by atoms with Gasteiger partial charge in [0.25, 0.3) is 0 Å². The second kappa shape index (κ2) is 10.7. The number of benzene rings is 3. The summed E-state index contributed by atoms with van der Waals surface area (Å²) in [6.45, 7) is 2.35.